The number of aromatic nitrogens is 3. The Balaban J connectivity index is 1.32. The van der Waals surface area contributed by atoms with Crippen LogP contribution < -0.4 is 5.32 Å². The topological polar surface area (TPSA) is 113 Å². The monoisotopic (exact) mass is 540 g/mol. The van der Waals surface area contributed by atoms with Crippen LogP contribution in [0.25, 0.3) is 11.0 Å². The average Bonchev–Trinajstić information content (AvgIpc) is 3.51. The number of hydrogen-bond donors (Lipinski definition) is 2. The van der Waals surface area contributed by atoms with Gasteiger partial charge in [0.05, 0.1) is 28.3 Å². The van der Waals surface area contributed by atoms with Gasteiger partial charge in [0.15, 0.2) is 0 Å². The maximum atomic E-state index is 13.8. The molecule has 0 unspecified atom stereocenters. The van der Waals surface area contributed by atoms with E-state index < -0.39 is 5.60 Å². The van der Waals surface area contributed by atoms with Gasteiger partial charge in [-0.05, 0) is 45.7 Å². The Morgan fingerprint density at radius 3 is 2.76 bits per heavy atom. The van der Waals surface area contributed by atoms with E-state index in [0.29, 0.717) is 45.2 Å². The second-order valence-corrected chi connectivity index (χ2v) is 11.0. The molecule has 1 aliphatic heterocycles. The molecule has 1 aromatic carbocycles. The van der Waals surface area contributed by atoms with Crippen LogP contribution >= 0.6 is 11.3 Å². The molecule has 0 bridgehead atoms. The number of para-hydroxylation sites is 2. The number of H-pyrrole nitrogens is 1. The van der Waals surface area contributed by atoms with E-state index in [1.165, 1.54) is 11.3 Å². The van der Waals surface area contributed by atoms with Gasteiger partial charge >= 0.3 is 6.09 Å². The maximum absolute atomic E-state index is 13.8. The van der Waals surface area contributed by atoms with Crippen LogP contribution in [0.15, 0.2) is 46.2 Å². The van der Waals surface area contributed by atoms with Gasteiger partial charge in [0, 0.05) is 43.9 Å². The normalized spacial score (nSPS) is 13.7. The molecule has 0 spiro atoms. The lowest BCUT2D eigenvalue weighted by Gasteiger charge is -2.27. The van der Waals surface area contributed by atoms with Crippen molar-refractivity contribution in [3.05, 3.63) is 57.7 Å². The van der Waals surface area contributed by atoms with Crippen LogP contribution in [-0.4, -0.2) is 63.3 Å². The van der Waals surface area contributed by atoms with Crippen LogP contribution in [0.2, 0.25) is 0 Å². The number of thiazole rings is 1. The van der Waals surface area contributed by atoms with E-state index in [2.05, 4.69) is 25.3 Å². The van der Waals surface area contributed by atoms with Crippen molar-refractivity contribution in [3.8, 4) is 0 Å². The third-order valence-corrected chi connectivity index (χ3v) is 6.69. The number of imidazole rings is 1. The van der Waals surface area contributed by atoms with E-state index in [9.17, 15) is 14.0 Å². The van der Waals surface area contributed by atoms with E-state index in [-0.39, 0.29) is 35.8 Å². The number of carbonyl (C=O) groups is 2. The number of halogens is 1. The molecule has 0 fully saturated rings. The molecule has 11 heteroatoms. The van der Waals surface area contributed by atoms with Crippen LogP contribution in [-0.2, 0) is 17.6 Å². The summed E-state index contributed by atoms with van der Waals surface area (Å²) < 4.78 is 19.5. The van der Waals surface area contributed by atoms with E-state index in [1.807, 2.05) is 45.0 Å². The molecule has 0 atom stereocenters. The standard InChI is InChI=1S/C27H33FN6O3S/c1-27(2,3)37-26(36)34(14-7-11-23-31-19-9-4-5-10-20(19)32-23)15-12-24-33-22(17-38-24)25(35)30-16-21-18(28)8-6-13-29-21/h4-5,9-10,13,17H,6-8,11-12,14-16H2,1-3H3,(H,30,35)(H,31,32). The Bertz CT molecular complexity index is 1310. The van der Waals surface area contributed by atoms with Gasteiger partial charge in [-0.3, -0.25) is 9.79 Å². The summed E-state index contributed by atoms with van der Waals surface area (Å²) in [5, 5.41) is 5.06. The molecule has 1 aliphatic rings. The first-order chi connectivity index (χ1) is 18.2. The number of nitrogens with one attached hydrogen (secondary N) is 2. The number of carbonyl (C=O) groups excluding carboxylic acids is 2. The number of amides is 2. The molecular weight excluding hydrogens is 507 g/mol. The average molecular weight is 541 g/mol. The predicted octanol–water partition coefficient (Wildman–Crippen LogP) is 5.21. The Labute approximate surface area is 225 Å². The zero-order valence-corrected chi connectivity index (χ0v) is 22.7. The van der Waals surface area contributed by atoms with Gasteiger partial charge < -0.3 is 19.9 Å². The molecule has 2 amide bonds. The molecule has 2 N–H and O–H groups in total. The molecular formula is C27H33FN6O3S. The van der Waals surface area contributed by atoms with Gasteiger partial charge in [-0.2, -0.15) is 0 Å². The first-order valence-electron chi connectivity index (χ1n) is 12.7. The van der Waals surface area contributed by atoms with Crippen molar-refractivity contribution in [1.82, 2.24) is 25.2 Å². The third kappa shape index (κ3) is 7.70. The number of fused-ring (bicyclic) bond motifs is 1. The fourth-order valence-corrected chi connectivity index (χ4v) is 4.69. The lowest BCUT2D eigenvalue weighted by atomic mass is 10.2. The van der Waals surface area contributed by atoms with Crippen molar-refractivity contribution >= 4 is 40.6 Å². The highest BCUT2D eigenvalue weighted by Crippen LogP contribution is 2.18. The van der Waals surface area contributed by atoms with Gasteiger partial charge in [0.2, 0.25) is 0 Å². The van der Waals surface area contributed by atoms with Crippen LogP contribution in [0.1, 0.15) is 61.4 Å². The number of hydrogen-bond acceptors (Lipinski definition) is 7. The van der Waals surface area contributed by atoms with Crippen molar-refractivity contribution in [2.75, 3.05) is 19.6 Å². The number of aromatic amines is 1. The summed E-state index contributed by atoms with van der Waals surface area (Å²) >= 11 is 1.35. The largest absolute Gasteiger partial charge is 0.444 e. The Kier molecular flexibility index (Phi) is 8.88. The number of rotatable bonds is 10. The third-order valence-electron chi connectivity index (χ3n) is 5.78. The molecule has 2 aromatic heterocycles. The van der Waals surface area contributed by atoms with Gasteiger partial charge in [-0.1, -0.05) is 12.1 Å². The SMILES string of the molecule is CC(C)(C)OC(=O)N(CCCc1nc2ccccc2[nH]1)CCc1nc(C(=O)NCC2=C(F)CCC=N2)cs1. The second-order valence-electron chi connectivity index (χ2n) is 10.0. The maximum Gasteiger partial charge on any atom is 0.410 e. The number of nitrogens with zero attached hydrogens (tertiary/aromatic N) is 4. The number of aliphatic imine (C=N–C) groups is 1. The van der Waals surface area contributed by atoms with Crippen molar-refractivity contribution < 1.29 is 18.7 Å². The predicted molar refractivity (Wildman–Crippen MR) is 146 cm³/mol. The first kappa shape index (κ1) is 27.4. The summed E-state index contributed by atoms with van der Waals surface area (Å²) in [6.07, 6.45) is 4.02. The fraction of sp³-hybridized carbons (Fsp3) is 0.444. The van der Waals surface area contributed by atoms with Crippen LogP contribution in [0.3, 0.4) is 0 Å². The van der Waals surface area contributed by atoms with Crippen LogP contribution in [0, 0.1) is 0 Å². The quantitative estimate of drug-likeness (QED) is 0.367. The Hall–Kier alpha value is -3.60. The summed E-state index contributed by atoms with van der Waals surface area (Å²) in [6.45, 7) is 6.42. The van der Waals surface area contributed by atoms with Crippen molar-refractivity contribution in [2.45, 2.75) is 58.5 Å². The number of ether oxygens (including phenoxy) is 1. The number of benzene rings is 1. The van der Waals surface area contributed by atoms with Gasteiger partial charge in [0.1, 0.15) is 22.9 Å². The fourth-order valence-electron chi connectivity index (χ4n) is 3.92. The molecule has 0 saturated carbocycles. The van der Waals surface area contributed by atoms with Crippen molar-refractivity contribution in [1.29, 1.82) is 0 Å². The highest BCUT2D eigenvalue weighted by atomic mass is 32.1. The summed E-state index contributed by atoms with van der Waals surface area (Å²) in [4.78, 5) is 43.4. The van der Waals surface area contributed by atoms with Crippen LogP contribution in [0.5, 0.6) is 0 Å². The Morgan fingerprint density at radius 2 is 2.00 bits per heavy atom. The summed E-state index contributed by atoms with van der Waals surface area (Å²) in [7, 11) is 0. The second kappa shape index (κ2) is 12.3. The van der Waals surface area contributed by atoms with E-state index in [0.717, 1.165) is 21.9 Å². The highest BCUT2D eigenvalue weighted by Gasteiger charge is 2.23. The Morgan fingerprint density at radius 1 is 1.18 bits per heavy atom. The molecule has 38 heavy (non-hydrogen) atoms. The zero-order valence-electron chi connectivity index (χ0n) is 21.9. The van der Waals surface area contributed by atoms with Crippen molar-refractivity contribution in [3.63, 3.8) is 0 Å². The summed E-state index contributed by atoms with van der Waals surface area (Å²) in [5.74, 6) is 0.193. The smallest absolute Gasteiger partial charge is 0.410 e. The number of aryl methyl sites for hydroxylation is 1. The minimum Gasteiger partial charge on any atom is -0.444 e. The molecule has 202 valence electrons. The molecule has 0 saturated heterocycles. The molecule has 3 heterocycles. The van der Waals surface area contributed by atoms with E-state index in [1.54, 1.807) is 16.5 Å². The lowest BCUT2D eigenvalue weighted by Crippen LogP contribution is -2.38. The van der Waals surface area contributed by atoms with Gasteiger partial charge in [-0.25, -0.2) is 19.2 Å². The van der Waals surface area contributed by atoms with Crippen molar-refractivity contribution in [2.24, 2.45) is 4.99 Å². The van der Waals surface area contributed by atoms with Gasteiger partial charge in [-0.15, -0.1) is 11.3 Å². The highest BCUT2D eigenvalue weighted by molar-refractivity contribution is 7.09. The lowest BCUT2D eigenvalue weighted by molar-refractivity contribution is 0.0249. The first-order valence-corrected chi connectivity index (χ1v) is 13.6. The van der Waals surface area contributed by atoms with E-state index >= 15 is 0 Å². The van der Waals surface area contributed by atoms with Gasteiger partial charge in [0.25, 0.3) is 5.91 Å². The molecule has 0 radical (unpaired) electrons. The summed E-state index contributed by atoms with van der Waals surface area (Å²) in [5.41, 5.74) is 1.81. The minimum absolute atomic E-state index is 0.0195. The molecule has 0 aliphatic carbocycles. The zero-order chi connectivity index (χ0) is 27.1. The summed E-state index contributed by atoms with van der Waals surface area (Å²) in [6, 6.07) is 7.86. The molecule has 4 rings (SSSR count). The number of allylic oxidation sites excluding steroid dienone is 1. The van der Waals surface area contributed by atoms with E-state index in [4.69, 9.17) is 4.74 Å². The molecule has 9 nitrogen and oxygen atoms in total. The molecule has 3 aromatic rings. The minimum atomic E-state index is -0.613. The van der Waals surface area contributed by atoms with Crippen LogP contribution in [0.4, 0.5) is 9.18 Å².